The van der Waals surface area contributed by atoms with Gasteiger partial charge in [-0.3, -0.25) is 4.79 Å². The predicted molar refractivity (Wildman–Crippen MR) is 34.4 cm³/mol. The summed E-state index contributed by atoms with van der Waals surface area (Å²) in [6.45, 7) is 2.56. The molecule has 0 saturated heterocycles. The Kier molecular flexibility index (Phi) is 51.2. The summed E-state index contributed by atoms with van der Waals surface area (Å²) in [4.78, 5) is 8.89. The van der Waals surface area contributed by atoms with Gasteiger partial charge in [0.1, 0.15) is 0 Å². The minimum absolute atomic E-state index is 0. The van der Waals surface area contributed by atoms with E-state index in [1.165, 1.54) is 0 Å². The molecule has 1 radical (unpaired) electrons. The fourth-order valence-electron chi connectivity index (χ4n) is 0. The van der Waals surface area contributed by atoms with Gasteiger partial charge in [-0.15, -0.1) is 0 Å². The van der Waals surface area contributed by atoms with Crippen molar-refractivity contribution < 1.29 is 9.90 Å². The second-order valence-electron chi connectivity index (χ2n) is 0.394. The Balaban J connectivity index is -0.0000000150. The predicted octanol–water partition coefficient (Wildman–Crippen LogP) is -2.04. The van der Waals surface area contributed by atoms with Crippen LogP contribution in [-0.2, 0) is 4.79 Å². The quantitative estimate of drug-likeness (QED) is 0.384. The maximum absolute atomic E-state index is 8.89. The van der Waals surface area contributed by atoms with E-state index in [2.05, 4.69) is 6.92 Å². The van der Waals surface area contributed by atoms with Crippen molar-refractivity contribution in [1.82, 2.24) is 0 Å². The van der Waals surface area contributed by atoms with Crippen LogP contribution >= 0.6 is 0 Å². The van der Waals surface area contributed by atoms with Crippen molar-refractivity contribution in [2.24, 2.45) is 0 Å². The molecular weight excluding hydrogens is 125 g/mol. The van der Waals surface area contributed by atoms with Crippen molar-refractivity contribution in [3.05, 3.63) is 6.92 Å². The molecule has 2 nitrogen and oxygen atoms in total. The molecule has 0 aliphatic carbocycles. The van der Waals surface area contributed by atoms with Gasteiger partial charge in [0.15, 0.2) is 0 Å². The molecule has 0 spiro atoms. The molecule has 0 amide bonds. The Morgan fingerprint density at radius 2 is 1.29 bits per heavy atom. The zero-order chi connectivity index (χ0) is 3.58. The fraction of sp³-hybridized carbons (Fsp3) is 0. The third-order valence-corrected chi connectivity index (χ3v) is 0. The van der Waals surface area contributed by atoms with Crippen molar-refractivity contribution in [1.29, 1.82) is 0 Å². The molecule has 0 aliphatic rings. The van der Waals surface area contributed by atoms with Crippen LogP contribution in [0.15, 0.2) is 0 Å². The molecule has 5 heteroatoms. The first-order valence-corrected chi connectivity index (χ1v) is 0.781. The van der Waals surface area contributed by atoms with Gasteiger partial charge in [-0.25, -0.2) is 0 Å². The van der Waals surface area contributed by atoms with Gasteiger partial charge < -0.3 is 5.11 Å². The topological polar surface area (TPSA) is 37.3 Å². The average Bonchev–Trinajstić information content (AvgIpc) is 0.811. The second-order valence-corrected chi connectivity index (χ2v) is 0.394. The number of hydrogen-bond acceptors (Lipinski definition) is 1. The summed E-state index contributed by atoms with van der Waals surface area (Å²) in [7, 11) is 0. The molecule has 0 rings (SSSR count). The zero-order valence-corrected chi connectivity index (χ0v) is 2.06. The minimum atomic E-state index is -1.08. The van der Waals surface area contributed by atoms with Gasteiger partial charge in [0, 0.05) is 0 Å². The molecule has 0 aromatic carbocycles. The molecule has 7 heavy (non-hydrogen) atoms. The van der Waals surface area contributed by atoms with Crippen LogP contribution in [0, 0.1) is 6.92 Å². The zero-order valence-electron chi connectivity index (χ0n) is 2.06. The summed E-state index contributed by atoms with van der Waals surface area (Å²) < 4.78 is 0. The molecule has 1 N–H and O–H groups in total. The number of hydrogen-bond donors (Lipinski definition) is 1. The van der Waals surface area contributed by atoms with Gasteiger partial charge in [0.05, 0.1) is 6.92 Å². The van der Waals surface area contributed by atoms with Crippen LogP contribution in [0.5, 0.6) is 0 Å². The summed E-state index contributed by atoms with van der Waals surface area (Å²) in [6, 6.07) is 0. The number of carboxylic acids is 1. The van der Waals surface area contributed by atoms with Crippen LogP contribution in [0.1, 0.15) is 0 Å². The molecule has 0 aromatic heterocycles. The maximum atomic E-state index is 8.89. The molecule has 0 atom stereocenters. The third-order valence-electron chi connectivity index (χ3n) is 0. The molecule has 0 fully saturated rings. The van der Waals surface area contributed by atoms with Crippen LogP contribution in [0.25, 0.3) is 0 Å². The van der Waals surface area contributed by atoms with Gasteiger partial charge in [0.2, 0.25) is 0 Å². The number of carboxylic acid groups (broad SMARTS) is 1. The molecule has 0 aliphatic heterocycles. The first-order chi connectivity index (χ1) is 1.73. The molecule has 0 bridgehead atoms. The van der Waals surface area contributed by atoms with E-state index in [0.29, 0.717) is 0 Å². The Morgan fingerprint density at radius 1 is 1.29 bits per heavy atom. The van der Waals surface area contributed by atoms with E-state index in [1.54, 1.807) is 0 Å². The number of aliphatic carboxylic acids is 1. The molecule has 0 unspecified atom stereocenters. The summed E-state index contributed by atoms with van der Waals surface area (Å²) in [5.74, 6) is -1.08. The van der Waals surface area contributed by atoms with Crippen LogP contribution < -0.4 is 0 Å². The van der Waals surface area contributed by atoms with Gasteiger partial charge in [0.25, 0.3) is 0 Å². The fourth-order valence-corrected chi connectivity index (χ4v) is 0. The Morgan fingerprint density at radius 3 is 1.29 bits per heavy atom. The first kappa shape index (κ1) is 22.7. The summed E-state index contributed by atoms with van der Waals surface area (Å²) in [6.07, 6.45) is 0. The molecule has 0 aromatic rings. The second kappa shape index (κ2) is 15.8. The molecule has 29 valence electrons. The van der Waals surface area contributed by atoms with Crippen LogP contribution in [-0.4, -0.2) is 99.7 Å². The molecule has 0 saturated carbocycles. The van der Waals surface area contributed by atoms with Gasteiger partial charge in [-0.1, -0.05) is 0 Å². The average molecular weight is 131 g/mol. The van der Waals surface area contributed by atoms with E-state index in [4.69, 9.17) is 9.90 Å². The Bertz CT molecular complexity index is 33.9. The summed E-state index contributed by atoms with van der Waals surface area (Å²) >= 11 is 0. The Hall–Kier alpha value is 2.47. The van der Waals surface area contributed by atoms with Crippen molar-refractivity contribution in [3.8, 4) is 0 Å². The monoisotopic (exact) mass is 131 g/mol. The van der Waals surface area contributed by atoms with E-state index in [1.807, 2.05) is 0 Å². The van der Waals surface area contributed by atoms with Crippen LogP contribution in [0.4, 0.5) is 0 Å². The van der Waals surface area contributed by atoms with E-state index in [9.17, 15) is 0 Å². The van der Waals surface area contributed by atoms with E-state index < -0.39 is 5.97 Å². The van der Waals surface area contributed by atoms with Crippen molar-refractivity contribution in [2.45, 2.75) is 0 Å². The molecule has 0 heterocycles. The number of carbonyl (C=O) groups is 1. The van der Waals surface area contributed by atoms with E-state index >= 15 is 0 Å². The SMILES string of the molecule is [CH2]C(=O)O.[NaH].[NaH].[NaH]. The van der Waals surface area contributed by atoms with Crippen molar-refractivity contribution in [3.63, 3.8) is 0 Å². The Labute approximate surface area is 109 Å². The van der Waals surface area contributed by atoms with Crippen LogP contribution in [0.2, 0.25) is 0 Å². The standard InChI is InChI=1S/C2H3O2.3Na.3H/c1-2(3)4;;;;;;/h1H2,(H,3,4);;;;;;. The van der Waals surface area contributed by atoms with E-state index in [0.717, 1.165) is 0 Å². The summed E-state index contributed by atoms with van der Waals surface area (Å²) in [5, 5.41) is 7.31. The van der Waals surface area contributed by atoms with Crippen molar-refractivity contribution in [2.75, 3.05) is 0 Å². The first-order valence-electron chi connectivity index (χ1n) is 0.781. The number of rotatable bonds is 0. The normalized spacial score (nSPS) is 3.57. The summed E-state index contributed by atoms with van der Waals surface area (Å²) in [5.41, 5.74) is 0. The van der Waals surface area contributed by atoms with Gasteiger partial charge >= 0.3 is 94.6 Å². The molecular formula is C2H6Na3O2. The third kappa shape index (κ3) is 58.1. The van der Waals surface area contributed by atoms with Gasteiger partial charge in [-0.2, -0.15) is 0 Å². The van der Waals surface area contributed by atoms with E-state index in [-0.39, 0.29) is 88.7 Å². The van der Waals surface area contributed by atoms with Crippen molar-refractivity contribution >= 4 is 94.6 Å². The van der Waals surface area contributed by atoms with Crippen LogP contribution in [0.3, 0.4) is 0 Å². The van der Waals surface area contributed by atoms with Gasteiger partial charge in [-0.05, 0) is 0 Å².